The average molecular weight is 565 g/mol. The Labute approximate surface area is 251 Å². The van der Waals surface area contributed by atoms with E-state index in [1.807, 2.05) is 12.1 Å². The number of rotatable bonds is 12. The summed E-state index contributed by atoms with van der Waals surface area (Å²) in [5.74, 6) is -1.05. The van der Waals surface area contributed by atoms with Gasteiger partial charge in [-0.3, -0.25) is 14.8 Å². The van der Waals surface area contributed by atoms with Crippen molar-refractivity contribution < 1.29 is 26.6 Å². The minimum absolute atomic E-state index is 0.0663. The molecule has 0 aliphatic carbocycles. The number of allylic oxidation sites excluding steroid dienone is 1. The van der Waals surface area contributed by atoms with Crippen molar-refractivity contribution in [3.05, 3.63) is 94.9 Å². The number of benzene rings is 2. The molecule has 0 aliphatic heterocycles. The molecular weight excluding hydrogens is 526 g/mol. The summed E-state index contributed by atoms with van der Waals surface area (Å²) in [5, 5.41) is 13.5. The molecule has 8 nitrogen and oxygen atoms in total. The lowest BCUT2D eigenvalue weighted by Gasteiger charge is -2.16. The van der Waals surface area contributed by atoms with Crippen LogP contribution in [0.5, 0.6) is 11.5 Å². The smallest absolute Gasteiger partial charge is 0.159 e. The summed E-state index contributed by atoms with van der Waals surface area (Å²) in [4.78, 5) is 22.7. The van der Waals surface area contributed by atoms with Gasteiger partial charge in [0.25, 0.3) is 0 Å². The molecule has 4 aromatic rings. The van der Waals surface area contributed by atoms with Gasteiger partial charge >= 0.3 is 0 Å². The van der Waals surface area contributed by atoms with E-state index in [2.05, 4.69) is 15.3 Å². The summed E-state index contributed by atoms with van der Waals surface area (Å²) in [5.41, 5.74) is 1.41. The number of nitrogens with one attached hydrogen (secondary N) is 1. The topological polar surface area (TPSA) is 100 Å². The van der Waals surface area contributed by atoms with E-state index in [4.69, 9.17) is 33.4 Å². The molecule has 2 heterocycles. The van der Waals surface area contributed by atoms with Crippen molar-refractivity contribution in [2.45, 2.75) is 19.9 Å². The molecular formula is C31H30ClN5O3. The second-order valence-electron chi connectivity index (χ2n) is 8.58. The molecule has 204 valence electrons. The van der Waals surface area contributed by atoms with Crippen molar-refractivity contribution >= 4 is 39.7 Å². The van der Waals surface area contributed by atoms with Gasteiger partial charge in [-0.2, -0.15) is 5.26 Å². The van der Waals surface area contributed by atoms with Crippen LogP contribution in [0.15, 0.2) is 73.0 Å². The lowest BCUT2D eigenvalue weighted by atomic mass is 10.0. The Morgan fingerprint density at radius 1 is 1.23 bits per heavy atom. The maximum absolute atomic E-state index is 13.3. The van der Waals surface area contributed by atoms with E-state index in [9.17, 15) is 10.1 Å². The van der Waals surface area contributed by atoms with Gasteiger partial charge in [-0.25, -0.2) is 0 Å². The molecule has 1 N–H and O–H groups in total. The van der Waals surface area contributed by atoms with Crippen LogP contribution in [-0.4, -0.2) is 47.8 Å². The number of pyridine rings is 2. The van der Waals surface area contributed by atoms with Gasteiger partial charge in [-0.1, -0.05) is 23.7 Å². The first kappa shape index (κ1) is 18.8. The molecule has 0 saturated heterocycles. The maximum Gasteiger partial charge on any atom is 0.159 e. The van der Waals surface area contributed by atoms with Gasteiger partial charge in [0.15, 0.2) is 5.78 Å². The predicted octanol–water partition coefficient (Wildman–Crippen LogP) is 6.11. The van der Waals surface area contributed by atoms with Crippen LogP contribution >= 0.6 is 11.6 Å². The van der Waals surface area contributed by atoms with Gasteiger partial charge < -0.3 is 19.7 Å². The lowest BCUT2D eigenvalue weighted by molar-refractivity contribution is -0.114. The highest BCUT2D eigenvalue weighted by atomic mass is 35.5. The quantitative estimate of drug-likeness (QED) is 0.206. The van der Waals surface area contributed by atoms with Gasteiger partial charge in [-0.15, -0.1) is 0 Å². The van der Waals surface area contributed by atoms with Crippen LogP contribution in [0.4, 0.5) is 11.4 Å². The van der Waals surface area contributed by atoms with E-state index in [-0.39, 0.29) is 39.3 Å². The SMILES string of the molecule is [2H]/C(C(=O)Cc1cc2c(Nc3ccc(OCc4ccccn4)c(Cl)c3)c(C#N)cnc2cc1OC([2H])([2H])C([2H])([2H])[2H])=C(/[2H])C([2H])([2H])N(C)C. The average Bonchev–Trinajstić information content (AvgIpc) is 3.03. The molecule has 9 heteroatoms. The predicted molar refractivity (Wildman–Crippen MR) is 157 cm³/mol. The molecule has 0 bridgehead atoms. The Hall–Kier alpha value is -4.45. The van der Waals surface area contributed by atoms with E-state index in [1.54, 1.807) is 36.5 Å². The molecule has 4 rings (SSSR count). The monoisotopic (exact) mass is 564 g/mol. The third-order valence-corrected chi connectivity index (χ3v) is 5.76. The molecule has 0 radical (unpaired) electrons. The fraction of sp³-hybridized carbons (Fsp3) is 0.226. The van der Waals surface area contributed by atoms with E-state index in [0.717, 1.165) is 4.90 Å². The zero-order valence-corrected chi connectivity index (χ0v) is 22.3. The number of hydrogen-bond acceptors (Lipinski definition) is 8. The summed E-state index contributed by atoms with van der Waals surface area (Å²) in [6.07, 6.45) is 2.17. The zero-order valence-electron chi connectivity index (χ0n) is 30.6. The van der Waals surface area contributed by atoms with Crippen molar-refractivity contribution in [2.75, 3.05) is 32.5 Å². The largest absolute Gasteiger partial charge is 0.494 e. The summed E-state index contributed by atoms with van der Waals surface area (Å²) >= 11 is 6.50. The Morgan fingerprint density at radius 3 is 2.83 bits per heavy atom. The van der Waals surface area contributed by atoms with Crippen LogP contribution in [0.2, 0.25) is 5.02 Å². The van der Waals surface area contributed by atoms with Crippen molar-refractivity contribution in [3.63, 3.8) is 0 Å². The molecule has 0 unspecified atom stereocenters. The van der Waals surface area contributed by atoms with Crippen LogP contribution in [0.25, 0.3) is 10.9 Å². The molecule has 2 aromatic heterocycles. The number of halogens is 1. The number of carbonyl (C=O) groups excluding carboxylic acids is 1. The first-order valence-electron chi connectivity index (χ1n) is 16.4. The van der Waals surface area contributed by atoms with E-state index < -0.39 is 50.0 Å². The Bertz CT molecular complexity index is 1950. The van der Waals surface area contributed by atoms with Crippen LogP contribution in [0, 0.1) is 11.3 Å². The number of nitrogens with zero attached hydrogens (tertiary/aromatic N) is 4. The number of likely N-dealkylation sites (N-methyl/N-ethyl adjacent to an activating group) is 1. The summed E-state index contributed by atoms with van der Waals surface area (Å²) < 4.78 is 82.4. The number of carbonyl (C=O) groups is 1. The lowest BCUT2D eigenvalue weighted by Crippen LogP contribution is -2.11. The first-order valence-corrected chi connectivity index (χ1v) is 12.3. The maximum atomic E-state index is 13.3. The van der Waals surface area contributed by atoms with Gasteiger partial charge in [0.1, 0.15) is 24.2 Å². The van der Waals surface area contributed by atoms with Crippen LogP contribution in [0.3, 0.4) is 0 Å². The molecule has 0 spiro atoms. The molecule has 0 saturated carbocycles. The molecule has 0 amide bonds. The molecule has 2 aromatic carbocycles. The van der Waals surface area contributed by atoms with E-state index in [0.29, 0.717) is 17.1 Å². The number of ether oxygens (including phenoxy) is 2. The van der Waals surface area contributed by atoms with E-state index >= 15 is 0 Å². The first-order chi connectivity index (χ1) is 22.9. The highest BCUT2D eigenvalue weighted by Gasteiger charge is 2.16. The molecule has 0 fully saturated rings. The van der Waals surface area contributed by atoms with Crippen molar-refractivity contribution in [3.8, 4) is 17.6 Å². The van der Waals surface area contributed by atoms with Gasteiger partial charge in [0, 0.05) is 54.9 Å². The Kier molecular flexibility index (Phi) is 6.36. The number of fused-ring (bicyclic) bond motifs is 1. The Balaban J connectivity index is 1.79. The minimum atomic E-state index is -3.24. The highest BCUT2D eigenvalue weighted by Crippen LogP contribution is 2.36. The third kappa shape index (κ3) is 7.35. The van der Waals surface area contributed by atoms with Crippen LogP contribution in [-0.2, 0) is 17.8 Å². The van der Waals surface area contributed by atoms with Crippen molar-refractivity contribution in [1.29, 1.82) is 5.26 Å². The van der Waals surface area contributed by atoms with Crippen LogP contribution < -0.4 is 14.8 Å². The molecule has 40 heavy (non-hydrogen) atoms. The van der Waals surface area contributed by atoms with Gasteiger partial charge in [0.05, 0.1) is 39.5 Å². The van der Waals surface area contributed by atoms with Crippen molar-refractivity contribution in [1.82, 2.24) is 14.9 Å². The summed E-state index contributed by atoms with van der Waals surface area (Å²) in [6.45, 7) is -8.75. The third-order valence-electron chi connectivity index (χ3n) is 5.47. The van der Waals surface area contributed by atoms with Crippen LogP contribution in [0.1, 0.15) is 36.0 Å². The number of ketones is 1. The second kappa shape index (κ2) is 13.6. The van der Waals surface area contributed by atoms with Gasteiger partial charge in [0.2, 0.25) is 0 Å². The highest BCUT2D eigenvalue weighted by molar-refractivity contribution is 6.32. The zero-order chi connectivity index (χ0) is 36.3. The van der Waals surface area contributed by atoms with E-state index in [1.165, 1.54) is 32.4 Å². The van der Waals surface area contributed by atoms with Gasteiger partial charge in [-0.05, 0) is 63.4 Å². The minimum Gasteiger partial charge on any atom is -0.494 e. The normalized spacial score (nSPS) is 15.9. The fourth-order valence-electron chi connectivity index (χ4n) is 3.67. The number of nitriles is 1. The molecule has 0 atom stereocenters. The molecule has 0 aliphatic rings. The second-order valence-corrected chi connectivity index (χ2v) is 8.98. The number of aromatic nitrogens is 2. The Morgan fingerprint density at radius 2 is 2.10 bits per heavy atom. The number of anilines is 2. The summed E-state index contributed by atoms with van der Waals surface area (Å²) in [6, 6.07) is 12.9. The van der Waals surface area contributed by atoms with Crippen molar-refractivity contribution in [2.24, 2.45) is 0 Å². The number of hydrogen-bond donors (Lipinski definition) is 1. The standard InChI is InChI=1S/C31H30ClN5O3/c1-4-39-30-17-28-26(15-21(30)14-25(38)9-7-13-37(2)3)31(22(18-33)19-35-28)36-23-10-11-29(27(32)16-23)40-20-24-8-5-6-12-34-24/h5-12,15-17,19H,4,13-14,20H2,1-3H3,(H,35,36)/b9-7+/i1D3,4D2,7D,9D,13D2. The fourth-order valence-corrected chi connectivity index (χ4v) is 3.91. The summed E-state index contributed by atoms with van der Waals surface area (Å²) in [7, 11) is 2.67.